The maximum atomic E-state index is 12.3. The van der Waals surface area contributed by atoms with Gasteiger partial charge in [-0.3, -0.25) is 19.7 Å². The Morgan fingerprint density at radius 2 is 1.30 bits per heavy atom. The van der Waals surface area contributed by atoms with Crippen LogP contribution in [0.4, 0.5) is 22.7 Å². The maximum absolute atomic E-state index is 12.3. The van der Waals surface area contributed by atoms with Gasteiger partial charge in [0.2, 0.25) is 11.8 Å². The molecule has 2 amide bonds. The summed E-state index contributed by atoms with van der Waals surface area (Å²) in [6.45, 7) is 2.03. The molecule has 0 spiro atoms. The second-order valence-electron chi connectivity index (χ2n) is 10.4. The molecule has 0 aliphatic carbocycles. The van der Waals surface area contributed by atoms with E-state index in [1.165, 1.54) is 13.2 Å². The molecule has 2 aliphatic heterocycles. The van der Waals surface area contributed by atoms with Crippen LogP contribution < -0.4 is 25.0 Å². The molecule has 0 aromatic heterocycles. The summed E-state index contributed by atoms with van der Waals surface area (Å²) in [6, 6.07) is 6.91. The molecule has 2 heterocycles. The Bertz CT molecular complexity index is 1250. The molecule has 0 atom stereocenters. The Labute approximate surface area is 235 Å². The second kappa shape index (κ2) is 13.4. The van der Waals surface area contributed by atoms with Crippen molar-refractivity contribution in [2.75, 3.05) is 84.1 Å². The molecule has 12 heteroatoms. The van der Waals surface area contributed by atoms with Gasteiger partial charge in [-0.2, -0.15) is 0 Å². The van der Waals surface area contributed by atoms with Gasteiger partial charge in [0.05, 0.1) is 43.6 Å². The van der Waals surface area contributed by atoms with E-state index < -0.39 is 4.92 Å². The summed E-state index contributed by atoms with van der Waals surface area (Å²) in [5.41, 5.74) is 10.0. The number of anilines is 3. The van der Waals surface area contributed by atoms with Gasteiger partial charge in [-0.15, -0.1) is 0 Å². The number of hydrogen-bond acceptors (Lipinski definition) is 9. The highest BCUT2D eigenvalue weighted by molar-refractivity contribution is 5.97. The minimum Gasteiger partial charge on any atom is -0.495 e. The summed E-state index contributed by atoms with van der Waals surface area (Å²) in [6.07, 6.45) is 3.56. The van der Waals surface area contributed by atoms with Gasteiger partial charge in [0, 0.05) is 24.8 Å². The van der Waals surface area contributed by atoms with Crippen LogP contribution in [0.1, 0.15) is 24.0 Å². The molecule has 0 fully saturated rings. The fourth-order valence-corrected chi connectivity index (χ4v) is 4.94. The molecule has 4 rings (SSSR count). The SMILES string of the molecule is COc1cc2c(cc1N)N(C(=O)CN(C)C)CCC2.COc1cc2c(cc1[N+](=O)[O-])N(C(=O)CN(C)C)CCC2. The van der Waals surface area contributed by atoms with E-state index in [0.717, 1.165) is 49.0 Å². The summed E-state index contributed by atoms with van der Waals surface area (Å²) in [5, 5.41) is 11.1. The van der Waals surface area contributed by atoms with Crippen molar-refractivity contribution in [2.45, 2.75) is 25.7 Å². The van der Waals surface area contributed by atoms with Gasteiger partial charge in [0.1, 0.15) is 5.75 Å². The highest BCUT2D eigenvalue weighted by Gasteiger charge is 2.28. The van der Waals surface area contributed by atoms with Crippen LogP contribution in [-0.4, -0.2) is 95.1 Å². The number of hydrogen-bond donors (Lipinski definition) is 1. The van der Waals surface area contributed by atoms with E-state index in [9.17, 15) is 19.7 Å². The van der Waals surface area contributed by atoms with Crippen molar-refractivity contribution in [2.24, 2.45) is 0 Å². The minimum atomic E-state index is -0.484. The van der Waals surface area contributed by atoms with Gasteiger partial charge < -0.3 is 34.8 Å². The van der Waals surface area contributed by atoms with Crippen molar-refractivity contribution in [3.63, 3.8) is 0 Å². The summed E-state index contributed by atoms with van der Waals surface area (Å²) in [4.78, 5) is 42.3. The lowest BCUT2D eigenvalue weighted by Gasteiger charge is -2.31. The number of amides is 2. The first-order valence-corrected chi connectivity index (χ1v) is 13.2. The number of nitro groups is 1. The number of benzene rings is 2. The van der Waals surface area contributed by atoms with Crippen molar-refractivity contribution in [3.05, 3.63) is 45.5 Å². The molecular weight excluding hydrogens is 516 g/mol. The standard InChI is InChI=1S/C14H19N3O4.C14H21N3O2/c1-15(2)9-14(18)16-6-4-5-10-7-13(21-3)12(17(19)20)8-11(10)16;1-16(2)9-14(18)17-6-4-5-10-7-13(19-3)11(15)8-12(10)17/h7-8H,4-6,9H2,1-3H3;7-8H,4-6,9,15H2,1-3H3. The molecule has 0 bridgehead atoms. The third kappa shape index (κ3) is 7.19. The summed E-state index contributed by atoms with van der Waals surface area (Å²) in [7, 11) is 10.4. The van der Waals surface area contributed by atoms with E-state index in [4.69, 9.17) is 15.2 Å². The summed E-state index contributed by atoms with van der Waals surface area (Å²) >= 11 is 0. The van der Waals surface area contributed by atoms with Crippen molar-refractivity contribution in [3.8, 4) is 11.5 Å². The first kappa shape index (κ1) is 30.6. The first-order chi connectivity index (χ1) is 19.0. The molecular formula is C28H40N6O6. The molecule has 0 unspecified atom stereocenters. The zero-order valence-corrected chi connectivity index (χ0v) is 24.2. The van der Waals surface area contributed by atoms with Crippen LogP contribution in [0.2, 0.25) is 0 Å². The number of carbonyl (C=O) groups excluding carboxylic acids is 2. The van der Waals surface area contributed by atoms with E-state index in [-0.39, 0.29) is 29.8 Å². The number of nitrogens with zero attached hydrogens (tertiary/aromatic N) is 5. The predicted octanol–water partition coefficient (Wildman–Crippen LogP) is 2.56. The molecule has 2 aromatic rings. The third-order valence-corrected chi connectivity index (χ3v) is 6.75. The monoisotopic (exact) mass is 556 g/mol. The Morgan fingerprint density at radius 1 is 0.850 bits per heavy atom. The van der Waals surface area contributed by atoms with Crippen LogP contribution in [0.15, 0.2) is 24.3 Å². The van der Waals surface area contributed by atoms with Crippen LogP contribution in [0.25, 0.3) is 0 Å². The van der Waals surface area contributed by atoms with Crippen molar-refractivity contribution in [1.29, 1.82) is 0 Å². The van der Waals surface area contributed by atoms with Crippen LogP contribution in [0.3, 0.4) is 0 Å². The Balaban J connectivity index is 0.000000222. The van der Waals surface area contributed by atoms with Gasteiger partial charge in [-0.1, -0.05) is 0 Å². The van der Waals surface area contributed by atoms with Gasteiger partial charge in [0.25, 0.3) is 0 Å². The van der Waals surface area contributed by atoms with E-state index in [0.29, 0.717) is 30.2 Å². The third-order valence-electron chi connectivity index (χ3n) is 6.75. The Morgan fingerprint density at radius 3 is 1.73 bits per heavy atom. The van der Waals surface area contributed by atoms with Crippen molar-refractivity contribution >= 4 is 34.6 Å². The van der Waals surface area contributed by atoms with E-state index in [1.54, 1.807) is 23.0 Å². The number of nitrogen functional groups attached to an aromatic ring is 1. The summed E-state index contributed by atoms with van der Waals surface area (Å²) < 4.78 is 10.3. The number of likely N-dealkylation sites (N-methyl/N-ethyl adjacent to an activating group) is 2. The molecule has 0 saturated carbocycles. The lowest BCUT2D eigenvalue weighted by Crippen LogP contribution is -2.40. The zero-order chi connectivity index (χ0) is 29.6. The first-order valence-electron chi connectivity index (χ1n) is 13.2. The number of aryl methyl sites for hydroxylation is 2. The fourth-order valence-electron chi connectivity index (χ4n) is 4.94. The number of nitrogens with two attached hydrogens (primary N) is 1. The Hall–Kier alpha value is -3.90. The predicted molar refractivity (Wildman–Crippen MR) is 156 cm³/mol. The second-order valence-corrected chi connectivity index (χ2v) is 10.4. The van der Waals surface area contributed by atoms with Crippen LogP contribution >= 0.6 is 0 Å². The zero-order valence-electron chi connectivity index (χ0n) is 24.2. The van der Waals surface area contributed by atoms with Crippen molar-refractivity contribution < 1.29 is 24.0 Å². The summed E-state index contributed by atoms with van der Waals surface area (Å²) in [5.74, 6) is 0.970. The molecule has 2 aliphatic rings. The molecule has 2 aromatic carbocycles. The number of fused-ring (bicyclic) bond motifs is 2. The van der Waals surface area contributed by atoms with Gasteiger partial charge in [-0.25, -0.2) is 0 Å². The minimum absolute atomic E-state index is 0.0552. The van der Waals surface area contributed by atoms with Crippen molar-refractivity contribution in [1.82, 2.24) is 9.80 Å². The van der Waals surface area contributed by atoms with E-state index in [1.807, 2.05) is 50.1 Å². The number of carbonyl (C=O) groups is 2. The smallest absolute Gasteiger partial charge is 0.313 e. The van der Waals surface area contributed by atoms with Gasteiger partial charge in [0.15, 0.2) is 5.75 Å². The average Bonchev–Trinajstić information content (AvgIpc) is 2.90. The highest BCUT2D eigenvalue weighted by Crippen LogP contribution is 2.38. The van der Waals surface area contributed by atoms with E-state index in [2.05, 4.69) is 0 Å². The number of methoxy groups -OCH3 is 2. The molecule has 218 valence electrons. The largest absolute Gasteiger partial charge is 0.495 e. The lowest BCUT2D eigenvalue weighted by molar-refractivity contribution is -0.385. The van der Waals surface area contributed by atoms with Crippen LogP contribution in [-0.2, 0) is 22.4 Å². The van der Waals surface area contributed by atoms with E-state index >= 15 is 0 Å². The molecule has 0 saturated heterocycles. The Kier molecular flexibility index (Phi) is 10.3. The maximum Gasteiger partial charge on any atom is 0.313 e. The number of rotatable bonds is 7. The normalized spacial score (nSPS) is 14.2. The van der Waals surface area contributed by atoms with Crippen LogP contribution in [0.5, 0.6) is 11.5 Å². The molecule has 12 nitrogen and oxygen atoms in total. The fraction of sp³-hybridized carbons (Fsp3) is 0.500. The number of nitro benzene ring substituents is 1. The van der Waals surface area contributed by atoms with Crippen LogP contribution in [0, 0.1) is 10.1 Å². The quantitative estimate of drug-likeness (QED) is 0.310. The lowest BCUT2D eigenvalue weighted by atomic mass is 10.0. The average molecular weight is 557 g/mol. The highest BCUT2D eigenvalue weighted by atomic mass is 16.6. The molecule has 0 radical (unpaired) electrons. The molecule has 40 heavy (non-hydrogen) atoms. The van der Waals surface area contributed by atoms with Gasteiger partial charge in [-0.05, 0) is 83.2 Å². The van der Waals surface area contributed by atoms with Gasteiger partial charge >= 0.3 is 5.69 Å². The number of ether oxygens (including phenoxy) is 2. The topological polar surface area (TPSA) is 135 Å². The molecule has 2 N–H and O–H groups in total.